The molecular formula is C20H17BrN4O7. The fraction of sp³-hybridized carbons (Fsp3) is 0.200. The van der Waals surface area contributed by atoms with Gasteiger partial charge >= 0.3 is 5.97 Å². The van der Waals surface area contributed by atoms with Crippen LogP contribution in [0, 0.1) is 16.0 Å². The first-order valence-corrected chi connectivity index (χ1v) is 10.1. The van der Waals surface area contributed by atoms with E-state index in [1.807, 2.05) is 0 Å². The van der Waals surface area contributed by atoms with E-state index in [1.54, 1.807) is 24.3 Å². The Labute approximate surface area is 190 Å². The molecule has 1 aliphatic rings. The third-order valence-corrected chi connectivity index (χ3v) is 5.13. The number of nitro groups is 1. The molecule has 1 atom stereocenters. The highest BCUT2D eigenvalue weighted by Crippen LogP contribution is 2.27. The Balaban J connectivity index is 1.46. The summed E-state index contributed by atoms with van der Waals surface area (Å²) in [7, 11) is 0. The van der Waals surface area contributed by atoms with Gasteiger partial charge in [0.05, 0.1) is 10.8 Å². The number of nitrogens with zero attached hydrogens (tertiary/aromatic N) is 2. The number of halogens is 1. The van der Waals surface area contributed by atoms with Crippen molar-refractivity contribution in [2.45, 2.75) is 6.42 Å². The summed E-state index contributed by atoms with van der Waals surface area (Å²) in [5, 5.41) is 10.7. The van der Waals surface area contributed by atoms with Crippen LogP contribution in [0.2, 0.25) is 0 Å². The predicted molar refractivity (Wildman–Crippen MR) is 114 cm³/mol. The normalized spacial score (nSPS) is 15.2. The summed E-state index contributed by atoms with van der Waals surface area (Å²) >= 11 is 3.25. The van der Waals surface area contributed by atoms with Gasteiger partial charge in [-0.25, -0.2) is 0 Å². The minimum Gasteiger partial charge on any atom is -0.455 e. The fourth-order valence-corrected chi connectivity index (χ4v) is 3.22. The number of nitro benzene ring substituents is 1. The summed E-state index contributed by atoms with van der Waals surface area (Å²) in [5.41, 5.74) is 4.97. The third kappa shape index (κ3) is 5.66. The molecule has 0 bridgehead atoms. The average Bonchev–Trinajstić information content (AvgIpc) is 3.18. The molecule has 1 aliphatic heterocycles. The molecular weight excluding hydrogens is 488 g/mol. The van der Waals surface area contributed by atoms with Crippen LogP contribution in [0.4, 0.5) is 11.4 Å². The van der Waals surface area contributed by atoms with E-state index in [2.05, 4.69) is 26.8 Å². The maximum atomic E-state index is 12.2. The highest BCUT2D eigenvalue weighted by molar-refractivity contribution is 9.10. The van der Waals surface area contributed by atoms with Crippen molar-refractivity contribution in [3.63, 3.8) is 0 Å². The maximum absolute atomic E-state index is 12.2. The first-order valence-electron chi connectivity index (χ1n) is 9.31. The zero-order chi connectivity index (χ0) is 23.3. The maximum Gasteiger partial charge on any atom is 0.311 e. The first kappa shape index (κ1) is 22.9. The zero-order valence-corrected chi connectivity index (χ0v) is 18.0. The highest BCUT2D eigenvalue weighted by atomic mass is 79.9. The molecule has 0 spiro atoms. The topological polar surface area (TPSA) is 148 Å². The van der Waals surface area contributed by atoms with Crippen LogP contribution in [0.1, 0.15) is 16.8 Å². The second-order valence-electron chi connectivity index (χ2n) is 6.80. The minimum absolute atomic E-state index is 0.0252. The van der Waals surface area contributed by atoms with Gasteiger partial charge in [0, 0.05) is 40.8 Å². The molecule has 32 heavy (non-hydrogen) atoms. The van der Waals surface area contributed by atoms with Crippen LogP contribution in [0.3, 0.4) is 0 Å². The summed E-state index contributed by atoms with van der Waals surface area (Å²) < 4.78 is 5.74. The molecule has 166 valence electrons. The molecule has 2 aromatic rings. The van der Waals surface area contributed by atoms with E-state index >= 15 is 0 Å². The van der Waals surface area contributed by atoms with Crippen molar-refractivity contribution in [2.75, 3.05) is 18.1 Å². The third-order valence-electron chi connectivity index (χ3n) is 4.60. The van der Waals surface area contributed by atoms with E-state index in [0.29, 0.717) is 11.3 Å². The second kappa shape index (κ2) is 10.0. The molecule has 1 heterocycles. The van der Waals surface area contributed by atoms with Gasteiger partial charge in [0.1, 0.15) is 0 Å². The number of hydrogen-bond acceptors (Lipinski definition) is 7. The van der Waals surface area contributed by atoms with Gasteiger partial charge in [-0.15, -0.1) is 0 Å². The summed E-state index contributed by atoms with van der Waals surface area (Å²) in [6.45, 7) is -0.612. The number of rotatable bonds is 6. The predicted octanol–water partition coefficient (Wildman–Crippen LogP) is 1.71. The zero-order valence-electron chi connectivity index (χ0n) is 16.4. The molecule has 0 unspecified atom stereocenters. The van der Waals surface area contributed by atoms with E-state index < -0.39 is 35.2 Å². The van der Waals surface area contributed by atoms with Crippen molar-refractivity contribution in [2.24, 2.45) is 5.92 Å². The standard InChI is InChI=1S/C20H17BrN4O7/c21-14-3-1-12(2-4-14)19(28)23-22-17(26)11-32-20(29)13-9-18(27)24(10-13)15-5-7-16(8-6-15)25(30)31/h1-8,13H,9-11H2,(H,22,26)(H,23,28)/t13-/m0/s1. The van der Waals surface area contributed by atoms with Crippen LogP contribution in [0.25, 0.3) is 0 Å². The Bertz CT molecular complexity index is 1060. The summed E-state index contributed by atoms with van der Waals surface area (Å²) in [6.07, 6.45) is -0.113. The lowest BCUT2D eigenvalue weighted by atomic mass is 10.1. The largest absolute Gasteiger partial charge is 0.455 e. The monoisotopic (exact) mass is 504 g/mol. The van der Waals surface area contributed by atoms with Crippen LogP contribution < -0.4 is 15.8 Å². The molecule has 1 saturated heterocycles. The van der Waals surface area contributed by atoms with Crippen molar-refractivity contribution in [3.05, 3.63) is 68.7 Å². The van der Waals surface area contributed by atoms with Gasteiger partial charge in [-0.1, -0.05) is 15.9 Å². The van der Waals surface area contributed by atoms with Crippen molar-refractivity contribution < 1.29 is 28.8 Å². The number of carbonyl (C=O) groups is 4. The fourth-order valence-electron chi connectivity index (χ4n) is 2.96. The van der Waals surface area contributed by atoms with Gasteiger partial charge in [0.15, 0.2) is 6.61 Å². The first-order chi connectivity index (χ1) is 15.2. The number of anilines is 1. The van der Waals surface area contributed by atoms with Crippen molar-refractivity contribution >= 4 is 51.0 Å². The Morgan fingerprint density at radius 2 is 1.75 bits per heavy atom. The summed E-state index contributed by atoms with van der Waals surface area (Å²) in [6, 6.07) is 11.8. The van der Waals surface area contributed by atoms with E-state index in [0.717, 1.165) is 4.47 Å². The number of nitrogens with one attached hydrogen (secondary N) is 2. The van der Waals surface area contributed by atoms with Gasteiger partial charge in [-0.3, -0.25) is 40.1 Å². The molecule has 0 aliphatic carbocycles. The summed E-state index contributed by atoms with van der Waals surface area (Å²) in [4.78, 5) is 59.8. The van der Waals surface area contributed by atoms with E-state index in [1.165, 1.54) is 29.2 Å². The highest BCUT2D eigenvalue weighted by Gasteiger charge is 2.36. The van der Waals surface area contributed by atoms with Gasteiger partial charge < -0.3 is 9.64 Å². The quantitative estimate of drug-likeness (QED) is 0.345. The number of esters is 1. The van der Waals surface area contributed by atoms with Gasteiger partial charge in [-0.2, -0.15) is 0 Å². The van der Waals surface area contributed by atoms with Gasteiger partial charge in [0.25, 0.3) is 17.5 Å². The van der Waals surface area contributed by atoms with Gasteiger partial charge in [0.2, 0.25) is 5.91 Å². The number of benzene rings is 2. The molecule has 2 N–H and O–H groups in total. The van der Waals surface area contributed by atoms with Crippen molar-refractivity contribution in [3.8, 4) is 0 Å². The van der Waals surface area contributed by atoms with Gasteiger partial charge in [-0.05, 0) is 36.4 Å². The van der Waals surface area contributed by atoms with Crippen LogP contribution in [-0.2, 0) is 19.1 Å². The molecule has 3 rings (SSSR count). The molecule has 2 aromatic carbocycles. The molecule has 3 amide bonds. The SMILES string of the molecule is O=C(COC(=O)[C@H]1CC(=O)N(c2ccc([N+](=O)[O-])cc2)C1)NNC(=O)c1ccc(Br)cc1. The summed E-state index contributed by atoms with van der Waals surface area (Å²) in [5.74, 6) is -3.16. The lowest BCUT2D eigenvalue weighted by Crippen LogP contribution is -2.43. The number of carbonyl (C=O) groups excluding carboxylic acids is 4. The molecule has 1 fully saturated rings. The number of hydrogen-bond donors (Lipinski definition) is 2. The minimum atomic E-state index is -0.789. The number of hydrazine groups is 1. The average molecular weight is 505 g/mol. The molecule has 0 radical (unpaired) electrons. The molecule has 12 heteroatoms. The lowest BCUT2D eigenvalue weighted by molar-refractivity contribution is -0.384. The molecule has 0 saturated carbocycles. The Morgan fingerprint density at radius 3 is 2.38 bits per heavy atom. The smallest absolute Gasteiger partial charge is 0.311 e. The van der Waals surface area contributed by atoms with Crippen LogP contribution in [-0.4, -0.2) is 41.8 Å². The van der Waals surface area contributed by atoms with E-state index in [-0.39, 0.29) is 24.6 Å². The number of amides is 3. The second-order valence-corrected chi connectivity index (χ2v) is 7.71. The van der Waals surface area contributed by atoms with Crippen molar-refractivity contribution in [1.82, 2.24) is 10.9 Å². The van der Waals surface area contributed by atoms with Crippen LogP contribution in [0.15, 0.2) is 53.0 Å². The lowest BCUT2D eigenvalue weighted by Gasteiger charge is -2.16. The van der Waals surface area contributed by atoms with E-state index in [4.69, 9.17) is 4.74 Å². The molecule has 11 nitrogen and oxygen atoms in total. The number of non-ortho nitro benzene ring substituents is 1. The Kier molecular flexibility index (Phi) is 7.15. The molecule has 0 aromatic heterocycles. The van der Waals surface area contributed by atoms with Crippen LogP contribution in [0.5, 0.6) is 0 Å². The van der Waals surface area contributed by atoms with Crippen molar-refractivity contribution in [1.29, 1.82) is 0 Å². The Morgan fingerprint density at radius 1 is 1.09 bits per heavy atom. The van der Waals surface area contributed by atoms with E-state index in [9.17, 15) is 29.3 Å². The van der Waals surface area contributed by atoms with Crippen LogP contribution >= 0.6 is 15.9 Å². The Hall–Kier alpha value is -3.80. The number of ether oxygens (including phenoxy) is 1.